The van der Waals surface area contributed by atoms with Crippen LogP contribution in [0.4, 0.5) is 0 Å². The summed E-state index contributed by atoms with van der Waals surface area (Å²) in [6.07, 6.45) is 0.666. The molecule has 2 heterocycles. The van der Waals surface area contributed by atoms with Crippen LogP contribution in [0.1, 0.15) is 28.3 Å². The number of piperidine rings is 1. The Morgan fingerprint density at radius 2 is 2.06 bits per heavy atom. The summed E-state index contributed by atoms with van der Waals surface area (Å²) < 4.78 is 5.05. The Morgan fingerprint density at radius 3 is 2.56 bits per heavy atom. The lowest BCUT2D eigenvalue weighted by atomic mass is 10.2. The first-order valence-corrected chi connectivity index (χ1v) is 5.67. The summed E-state index contributed by atoms with van der Waals surface area (Å²) in [6.45, 7) is 1.72. The topological polar surface area (TPSA) is 87.8 Å². The van der Waals surface area contributed by atoms with Crippen molar-refractivity contribution in [2.24, 2.45) is 11.8 Å². The number of carbonyl (C=O) groups excluding carboxylic acids is 2. The van der Waals surface area contributed by atoms with E-state index in [9.17, 15) is 14.4 Å². The zero-order chi connectivity index (χ0) is 13.0. The molecule has 3 rings (SSSR count). The monoisotopic (exact) mass is 249 g/mol. The third-order valence-corrected chi connectivity index (χ3v) is 3.52. The fourth-order valence-corrected chi connectivity index (χ4v) is 2.36. The molecule has 1 aliphatic heterocycles. The second kappa shape index (κ2) is 3.44. The van der Waals surface area contributed by atoms with Gasteiger partial charge in [0.05, 0.1) is 18.4 Å². The van der Waals surface area contributed by atoms with E-state index in [4.69, 9.17) is 9.52 Å². The average molecular weight is 249 g/mol. The molecule has 6 heteroatoms. The van der Waals surface area contributed by atoms with Crippen LogP contribution in [-0.2, 0) is 16.1 Å². The molecule has 2 amide bonds. The van der Waals surface area contributed by atoms with Crippen LogP contribution in [0, 0.1) is 18.8 Å². The molecule has 0 bridgehead atoms. The minimum Gasteiger partial charge on any atom is -0.475 e. The normalized spacial score (nSPS) is 25.5. The standard InChI is InChI=1S/C12H11NO5/c1-5-6(2-9(18-5)12(16)17)4-13-10(14)7-3-8(7)11(13)15/h2,7-8H,3-4H2,1H3,(H,16,17). The van der Waals surface area contributed by atoms with Crippen LogP contribution in [0.25, 0.3) is 0 Å². The number of imide groups is 1. The predicted octanol–water partition coefficient (Wildman–Crippen LogP) is 0.791. The van der Waals surface area contributed by atoms with Crippen LogP contribution in [0.5, 0.6) is 0 Å². The van der Waals surface area contributed by atoms with Gasteiger partial charge in [-0.15, -0.1) is 0 Å². The molecule has 2 atom stereocenters. The molecule has 18 heavy (non-hydrogen) atoms. The molecule has 94 valence electrons. The van der Waals surface area contributed by atoms with Crippen molar-refractivity contribution >= 4 is 17.8 Å². The zero-order valence-electron chi connectivity index (χ0n) is 9.67. The van der Waals surface area contributed by atoms with Crippen molar-refractivity contribution in [3.63, 3.8) is 0 Å². The van der Waals surface area contributed by atoms with E-state index in [1.807, 2.05) is 0 Å². The van der Waals surface area contributed by atoms with E-state index >= 15 is 0 Å². The molecule has 1 aromatic rings. The second-order valence-corrected chi connectivity index (χ2v) is 4.71. The largest absolute Gasteiger partial charge is 0.475 e. The van der Waals surface area contributed by atoms with E-state index in [1.54, 1.807) is 6.92 Å². The molecule has 2 aliphatic rings. The average Bonchev–Trinajstić information content (AvgIpc) is 2.97. The van der Waals surface area contributed by atoms with E-state index in [0.717, 1.165) is 0 Å². The lowest BCUT2D eigenvalue weighted by molar-refractivity contribution is -0.142. The summed E-state index contributed by atoms with van der Waals surface area (Å²) in [4.78, 5) is 35.5. The number of amides is 2. The Labute approximate surface area is 102 Å². The minimum absolute atomic E-state index is 0.104. The van der Waals surface area contributed by atoms with Crippen LogP contribution in [0.15, 0.2) is 10.5 Å². The smallest absolute Gasteiger partial charge is 0.371 e. The molecule has 0 radical (unpaired) electrons. The Balaban J connectivity index is 1.83. The second-order valence-electron chi connectivity index (χ2n) is 4.71. The van der Waals surface area contributed by atoms with Gasteiger partial charge in [0.15, 0.2) is 0 Å². The van der Waals surface area contributed by atoms with Crippen molar-refractivity contribution in [1.29, 1.82) is 0 Å². The van der Waals surface area contributed by atoms with Gasteiger partial charge in [0.25, 0.3) is 0 Å². The molecular formula is C12H11NO5. The van der Waals surface area contributed by atoms with Crippen molar-refractivity contribution in [3.05, 3.63) is 23.2 Å². The number of carboxylic acids is 1. The van der Waals surface area contributed by atoms with Gasteiger partial charge in [0, 0.05) is 5.56 Å². The van der Waals surface area contributed by atoms with Crippen molar-refractivity contribution in [2.45, 2.75) is 19.9 Å². The third kappa shape index (κ3) is 1.45. The lowest BCUT2D eigenvalue weighted by Gasteiger charge is -2.15. The van der Waals surface area contributed by atoms with Crippen LogP contribution >= 0.6 is 0 Å². The number of hydrogen-bond donors (Lipinski definition) is 1. The summed E-state index contributed by atoms with van der Waals surface area (Å²) in [6, 6.07) is 1.36. The highest BCUT2D eigenvalue weighted by molar-refractivity contribution is 6.08. The number of likely N-dealkylation sites (tertiary alicyclic amines) is 1. The Morgan fingerprint density at radius 1 is 1.44 bits per heavy atom. The van der Waals surface area contributed by atoms with E-state index in [0.29, 0.717) is 17.7 Å². The summed E-state index contributed by atoms with van der Waals surface area (Å²) >= 11 is 0. The van der Waals surface area contributed by atoms with Crippen molar-refractivity contribution < 1.29 is 23.9 Å². The highest BCUT2D eigenvalue weighted by Crippen LogP contribution is 2.47. The number of aryl methyl sites for hydroxylation is 1. The van der Waals surface area contributed by atoms with Crippen LogP contribution in [0.3, 0.4) is 0 Å². The quantitative estimate of drug-likeness (QED) is 0.800. The van der Waals surface area contributed by atoms with Crippen molar-refractivity contribution in [1.82, 2.24) is 4.90 Å². The zero-order valence-corrected chi connectivity index (χ0v) is 9.67. The lowest BCUT2D eigenvalue weighted by Crippen LogP contribution is -2.32. The highest BCUT2D eigenvalue weighted by atomic mass is 16.4. The Hall–Kier alpha value is -2.11. The maximum Gasteiger partial charge on any atom is 0.371 e. The third-order valence-electron chi connectivity index (χ3n) is 3.52. The van der Waals surface area contributed by atoms with E-state index in [2.05, 4.69) is 0 Å². The number of aromatic carboxylic acids is 1. The number of fused-ring (bicyclic) bond motifs is 1. The maximum atomic E-state index is 11.8. The van der Waals surface area contributed by atoms with E-state index in [-0.39, 0.29) is 36.0 Å². The number of carbonyl (C=O) groups is 3. The first kappa shape index (κ1) is 11.0. The molecule has 6 nitrogen and oxygen atoms in total. The van der Waals surface area contributed by atoms with Crippen LogP contribution in [0.2, 0.25) is 0 Å². The molecule has 0 spiro atoms. The summed E-state index contributed by atoms with van der Waals surface area (Å²) in [7, 11) is 0. The molecule has 1 saturated carbocycles. The summed E-state index contributed by atoms with van der Waals surface area (Å²) in [5.41, 5.74) is 0.565. The van der Waals surface area contributed by atoms with Crippen LogP contribution < -0.4 is 0 Å². The first-order valence-electron chi connectivity index (χ1n) is 5.67. The fourth-order valence-electron chi connectivity index (χ4n) is 2.36. The van der Waals surface area contributed by atoms with Crippen molar-refractivity contribution in [2.75, 3.05) is 0 Å². The van der Waals surface area contributed by atoms with Gasteiger partial charge in [0.2, 0.25) is 17.6 Å². The molecule has 0 aromatic carbocycles. The predicted molar refractivity (Wildman–Crippen MR) is 57.6 cm³/mol. The SMILES string of the molecule is Cc1oc(C(=O)O)cc1CN1C(=O)C2CC2C1=O. The van der Waals surface area contributed by atoms with Gasteiger partial charge in [-0.1, -0.05) is 0 Å². The molecule has 1 saturated heterocycles. The molecule has 2 unspecified atom stereocenters. The number of nitrogens with zero attached hydrogens (tertiary/aromatic N) is 1. The molecule has 2 fully saturated rings. The van der Waals surface area contributed by atoms with Gasteiger partial charge in [-0.25, -0.2) is 4.79 Å². The van der Waals surface area contributed by atoms with Crippen LogP contribution in [-0.4, -0.2) is 27.8 Å². The van der Waals surface area contributed by atoms with Gasteiger partial charge in [-0.3, -0.25) is 14.5 Å². The fraction of sp³-hybridized carbons (Fsp3) is 0.417. The van der Waals surface area contributed by atoms with Gasteiger partial charge in [-0.05, 0) is 19.4 Å². The molecular weight excluding hydrogens is 238 g/mol. The summed E-state index contributed by atoms with van der Waals surface area (Å²) in [5, 5.41) is 8.80. The minimum atomic E-state index is -1.16. The molecule has 1 N–H and O–H groups in total. The van der Waals surface area contributed by atoms with Gasteiger partial charge in [0.1, 0.15) is 5.76 Å². The number of carboxylic acid groups (broad SMARTS) is 1. The maximum absolute atomic E-state index is 11.8. The number of furan rings is 1. The molecule has 1 aromatic heterocycles. The first-order chi connectivity index (χ1) is 8.49. The van der Waals surface area contributed by atoms with E-state index in [1.165, 1.54) is 11.0 Å². The summed E-state index contributed by atoms with van der Waals surface area (Å²) in [5.74, 6) is -1.48. The highest BCUT2D eigenvalue weighted by Gasteiger charge is 2.58. The van der Waals surface area contributed by atoms with Gasteiger partial charge >= 0.3 is 5.97 Å². The Kier molecular flexibility index (Phi) is 2.10. The Bertz CT molecular complexity index is 553. The van der Waals surface area contributed by atoms with Gasteiger partial charge in [-0.2, -0.15) is 0 Å². The number of rotatable bonds is 3. The van der Waals surface area contributed by atoms with Crippen molar-refractivity contribution in [3.8, 4) is 0 Å². The molecule has 1 aliphatic carbocycles. The van der Waals surface area contributed by atoms with E-state index < -0.39 is 5.97 Å². The van der Waals surface area contributed by atoms with Gasteiger partial charge < -0.3 is 9.52 Å². The number of hydrogen-bond acceptors (Lipinski definition) is 4.